The summed E-state index contributed by atoms with van der Waals surface area (Å²) in [6.07, 6.45) is 10.0. The van der Waals surface area contributed by atoms with Crippen LogP contribution in [0.2, 0.25) is 0 Å². The molecule has 0 fully saturated rings. The molecule has 2 nitrogen and oxygen atoms in total. The van der Waals surface area contributed by atoms with Gasteiger partial charge < -0.3 is 5.11 Å². The van der Waals surface area contributed by atoms with Crippen LogP contribution in [-0.2, 0) is 4.79 Å². The number of carboxylic acid groups (broad SMARTS) is 1. The number of rotatable bonds is 11. The first-order chi connectivity index (χ1) is 10.4. The maximum atomic E-state index is 13.7. The van der Waals surface area contributed by atoms with Crippen LogP contribution in [0.5, 0.6) is 0 Å². The molecule has 1 aliphatic rings. The van der Waals surface area contributed by atoms with Crippen molar-refractivity contribution >= 4 is 29.3 Å². The highest BCUT2D eigenvalue weighted by molar-refractivity contribution is 8.04. The van der Waals surface area contributed by atoms with Crippen LogP contribution in [-0.4, -0.2) is 15.8 Å². The Labute approximate surface area is 142 Å². The molecule has 0 radical (unpaired) electrons. The monoisotopic (exact) mass is 350 g/mol. The first-order valence-electron chi connectivity index (χ1n) is 8.37. The molecule has 0 spiro atoms. The molecule has 1 heterocycles. The molecule has 0 saturated carbocycles. The van der Waals surface area contributed by atoms with E-state index >= 15 is 0 Å². The molecule has 0 bridgehead atoms. The molecule has 0 aromatic heterocycles. The molecule has 128 valence electrons. The van der Waals surface area contributed by atoms with Gasteiger partial charge in [0.1, 0.15) is 0 Å². The molecule has 0 aromatic rings. The molecule has 3 unspecified atom stereocenters. The maximum Gasteiger partial charge on any atom is 0.306 e. The fraction of sp³-hybridized carbons (Fsp3) is 0.824. The predicted octanol–water partition coefficient (Wildman–Crippen LogP) is 6.35. The SMILES string of the molecule is CCCCCCC1(CCCC(CC)C(=O)O)C=C(F)SC1Cl. The summed E-state index contributed by atoms with van der Waals surface area (Å²) >= 11 is 7.51. The van der Waals surface area contributed by atoms with E-state index in [1.54, 1.807) is 6.08 Å². The van der Waals surface area contributed by atoms with E-state index in [0.29, 0.717) is 12.8 Å². The minimum Gasteiger partial charge on any atom is -0.481 e. The van der Waals surface area contributed by atoms with Crippen molar-refractivity contribution in [1.82, 2.24) is 0 Å². The first-order valence-corrected chi connectivity index (χ1v) is 9.68. The Morgan fingerprint density at radius 3 is 2.55 bits per heavy atom. The van der Waals surface area contributed by atoms with Gasteiger partial charge in [0.15, 0.2) is 5.16 Å². The lowest BCUT2D eigenvalue weighted by molar-refractivity contribution is -0.142. The summed E-state index contributed by atoms with van der Waals surface area (Å²) in [4.78, 5) is 11.1. The molecule has 0 saturated heterocycles. The van der Waals surface area contributed by atoms with Gasteiger partial charge in [-0.1, -0.05) is 57.7 Å². The zero-order valence-electron chi connectivity index (χ0n) is 13.6. The summed E-state index contributed by atoms with van der Waals surface area (Å²) in [6, 6.07) is 0. The Morgan fingerprint density at radius 2 is 2.05 bits per heavy atom. The van der Waals surface area contributed by atoms with Crippen LogP contribution in [0.4, 0.5) is 4.39 Å². The minimum absolute atomic E-state index is 0.180. The first kappa shape index (κ1) is 19.8. The van der Waals surface area contributed by atoms with Crippen molar-refractivity contribution in [3.8, 4) is 0 Å². The molecule has 0 aliphatic carbocycles. The smallest absolute Gasteiger partial charge is 0.306 e. The second kappa shape index (κ2) is 9.82. The van der Waals surface area contributed by atoms with Crippen molar-refractivity contribution in [2.75, 3.05) is 0 Å². The summed E-state index contributed by atoms with van der Waals surface area (Å²) in [7, 11) is 0. The van der Waals surface area contributed by atoms with E-state index in [4.69, 9.17) is 16.7 Å². The zero-order chi connectivity index (χ0) is 16.6. The molecule has 5 heteroatoms. The summed E-state index contributed by atoms with van der Waals surface area (Å²) in [5, 5.41) is 8.94. The van der Waals surface area contributed by atoms with Gasteiger partial charge in [0.25, 0.3) is 0 Å². The molecule has 1 rings (SSSR count). The van der Waals surface area contributed by atoms with Gasteiger partial charge in [-0.2, -0.15) is 4.39 Å². The number of thioether (sulfide) groups is 1. The molecule has 22 heavy (non-hydrogen) atoms. The molecule has 0 amide bonds. The van der Waals surface area contributed by atoms with Crippen molar-refractivity contribution in [1.29, 1.82) is 0 Å². The number of hydrogen-bond donors (Lipinski definition) is 1. The molecule has 3 atom stereocenters. The van der Waals surface area contributed by atoms with Crippen LogP contribution < -0.4 is 0 Å². The minimum atomic E-state index is -0.732. The Balaban J connectivity index is 2.58. The van der Waals surface area contributed by atoms with Gasteiger partial charge in [-0.15, -0.1) is 11.6 Å². The third-order valence-corrected chi connectivity index (χ3v) is 6.32. The maximum absolute atomic E-state index is 13.7. The van der Waals surface area contributed by atoms with Crippen LogP contribution in [0.3, 0.4) is 0 Å². The van der Waals surface area contributed by atoms with Crippen LogP contribution in [0.1, 0.15) is 71.6 Å². The van der Waals surface area contributed by atoms with Gasteiger partial charge in [0, 0.05) is 5.41 Å². The van der Waals surface area contributed by atoms with Crippen molar-refractivity contribution in [2.24, 2.45) is 11.3 Å². The standard InChI is InChI=1S/C17H28ClFO2S/c1-3-5-6-7-10-17(12-14(19)22-16(17)18)11-8-9-13(4-2)15(20)21/h12-13,16H,3-11H2,1-2H3,(H,20,21). The normalized spacial score (nSPS) is 26.0. The van der Waals surface area contributed by atoms with Gasteiger partial charge in [0.2, 0.25) is 0 Å². The molecular formula is C17H28ClFO2S. The Hall–Kier alpha value is -0.220. The highest BCUT2D eigenvalue weighted by Crippen LogP contribution is 2.53. The Kier molecular flexibility index (Phi) is 8.85. The quantitative estimate of drug-likeness (QED) is 0.348. The van der Waals surface area contributed by atoms with Gasteiger partial charge in [0.05, 0.1) is 10.6 Å². The predicted molar refractivity (Wildman–Crippen MR) is 92.9 cm³/mol. The third-order valence-electron chi connectivity index (χ3n) is 4.60. The van der Waals surface area contributed by atoms with Gasteiger partial charge in [-0.25, -0.2) is 0 Å². The van der Waals surface area contributed by atoms with E-state index in [0.717, 1.165) is 43.9 Å². The van der Waals surface area contributed by atoms with Gasteiger partial charge >= 0.3 is 5.97 Å². The number of hydrogen-bond acceptors (Lipinski definition) is 2. The van der Waals surface area contributed by atoms with E-state index < -0.39 is 5.97 Å². The molecule has 1 N–H and O–H groups in total. The summed E-state index contributed by atoms with van der Waals surface area (Å²) in [5.41, 5.74) is -0.305. The van der Waals surface area contributed by atoms with E-state index in [1.165, 1.54) is 12.8 Å². The third kappa shape index (κ3) is 5.77. The lowest BCUT2D eigenvalue weighted by Gasteiger charge is -2.30. The van der Waals surface area contributed by atoms with E-state index in [-0.39, 0.29) is 21.2 Å². The van der Waals surface area contributed by atoms with Gasteiger partial charge in [-0.3, -0.25) is 4.79 Å². The largest absolute Gasteiger partial charge is 0.481 e. The highest BCUT2D eigenvalue weighted by atomic mass is 35.5. The number of carboxylic acids is 1. The highest BCUT2D eigenvalue weighted by Gasteiger charge is 2.41. The van der Waals surface area contributed by atoms with Gasteiger partial charge in [-0.05, 0) is 31.8 Å². The second-order valence-corrected chi connectivity index (χ2v) is 8.05. The van der Waals surface area contributed by atoms with Crippen LogP contribution in [0.25, 0.3) is 0 Å². The lowest BCUT2D eigenvalue weighted by atomic mass is 9.79. The summed E-state index contributed by atoms with van der Waals surface area (Å²) in [5.74, 6) is -1.03. The van der Waals surface area contributed by atoms with E-state index in [9.17, 15) is 9.18 Å². The Bertz CT molecular complexity index is 389. The summed E-state index contributed by atoms with van der Waals surface area (Å²) < 4.78 is 13.4. The number of aliphatic carboxylic acids is 1. The van der Waals surface area contributed by atoms with E-state index in [1.807, 2.05) is 6.92 Å². The number of carbonyl (C=O) groups is 1. The summed E-state index contributed by atoms with van der Waals surface area (Å²) in [6.45, 7) is 4.07. The Morgan fingerprint density at radius 1 is 1.36 bits per heavy atom. The van der Waals surface area contributed by atoms with Crippen molar-refractivity contribution in [3.63, 3.8) is 0 Å². The lowest BCUT2D eigenvalue weighted by Crippen LogP contribution is -2.25. The fourth-order valence-corrected chi connectivity index (χ4v) is 4.67. The number of allylic oxidation sites excluding steroid dienone is 1. The topological polar surface area (TPSA) is 37.3 Å². The van der Waals surface area contributed by atoms with Crippen molar-refractivity contribution < 1.29 is 14.3 Å². The average molecular weight is 351 g/mol. The average Bonchev–Trinajstić information content (AvgIpc) is 2.74. The number of alkyl halides is 1. The van der Waals surface area contributed by atoms with Crippen molar-refractivity contribution in [2.45, 2.75) is 76.3 Å². The van der Waals surface area contributed by atoms with Crippen molar-refractivity contribution in [3.05, 3.63) is 11.2 Å². The second-order valence-electron chi connectivity index (χ2n) is 6.26. The fourth-order valence-electron chi connectivity index (χ4n) is 3.10. The molecule has 1 aliphatic heterocycles. The number of halogens is 2. The van der Waals surface area contributed by atoms with Crippen LogP contribution >= 0.6 is 23.4 Å². The van der Waals surface area contributed by atoms with Crippen LogP contribution in [0.15, 0.2) is 11.2 Å². The van der Waals surface area contributed by atoms with Crippen LogP contribution in [0, 0.1) is 11.3 Å². The zero-order valence-corrected chi connectivity index (χ0v) is 15.2. The number of unbranched alkanes of at least 4 members (excludes halogenated alkanes) is 3. The molecular weight excluding hydrogens is 323 g/mol. The molecule has 0 aromatic carbocycles. The van der Waals surface area contributed by atoms with E-state index in [2.05, 4.69) is 6.92 Å².